The number of amides is 1. The van der Waals surface area contributed by atoms with Crippen LogP contribution in [0.2, 0.25) is 0 Å². The van der Waals surface area contributed by atoms with Gasteiger partial charge in [-0.1, -0.05) is 53.2 Å². The van der Waals surface area contributed by atoms with Crippen molar-refractivity contribution in [1.82, 2.24) is 10.3 Å². The zero-order valence-electron chi connectivity index (χ0n) is 21.2. The fourth-order valence-electron chi connectivity index (χ4n) is 4.40. The predicted octanol–water partition coefficient (Wildman–Crippen LogP) is 6.33. The second-order valence-electron chi connectivity index (χ2n) is 8.74. The molecule has 6 nitrogen and oxygen atoms in total. The number of fused-ring (bicyclic) bond motifs is 1. The molecule has 1 heterocycles. The molecule has 0 aliphatic heterocycles. The summed E-state index contributed by atoms with van der Waals surface area (Å²) in [5.41, 5.74) is 4.35. The Kier molecular flexibility index (Phi) is 8.56. The van der Waals surface area contributed by atoms with Crippen LogP contribution in [0.3, 0.4) is 0 Å². The van der Waals surface area contributed by atoms with Crippen LogP contribution in [0.5, 0.6) is 5.88 Å². The van der Waals surface area contributed by atoms with E-state index in [2.05, 4.69) is 44.3 Å². The second-order valence-corrected chi connectivity index (χ2v) is 9.65. The van der Waals surface area contributed by atoms with Gasteiger partial charge in [-0.05, 0) is 61.0 Å². The van der Waals surface area contributed by atoms with E-state index < -0.39 is 0 Å². The van der Waals surface area contributed by atoms with Gasteiger partial charge >= 0.3 is 0 Å². The number of anilines is 1. The summed E-state index contributed by atoms with van der Waals surface area (Å²) < 4.78 is 6.78. The minimum absolute atomic E-state index is 0.00191. The number of ketones is 1. The molecule has 4 aromatic rings. The summed E-state index contributed by atoms with van der Waals surface area (Å²) in [5.74, 6) is 0.545. The first kappa shape index (κ1) is 26.4. The zero-order valence-corrected chi connectivity index (χ0v) is 22.8. The van der Waals surface area contributed by atoms with Crippen molar-refractivity contribution in [2.24, 2.45) is 0 Å². The summed E-state index contributed by atoms with van der Waals surface area (Å²) in [4.78, 5) is 31.0. The molecular weight excluding hydrogens is 530 g/mol. The van der Waals surface area contributed by atoms with Gasteiger partial charge in [-0.3, -0.25) is 9.59 Å². The summed E-state index contributed by atoms with van der Waals surface area (Å²) in [5, 5.41) is 3.98. The number of carbonyl (C=O) groups is 2. The molecule has 0 spiro atoms. The van der Waals surface area contributed by atoms with Gasteiger partial charge < -0.3 is 15.0 Å². The molecule has 0 aliphatic rings. The molecule has 0 bridgehead atoms. The van der Waals surface area contributed by atoms with Crippen molar-refractivity contribution in [3.05, 3.63) is 100 Å². The Hall–Kier alpha value is -3.71. The molecule has 0 radical (unpaired) electrons. The maximum atomic E-state index is 12.0. The van der Waals surface area contributed by atoms with Crippen LogP contribution in [0.1, 0.15) is 47.8 Å². The van der Waals surface area contributed by atoms with Crippen LogP contribution in [0, 0.1) is 0 Å². The molecule has 1 N–H and O–H groups in total. The smallest absolute Gasteiger partial charge is 0.219 e. The van der Waals surface area contributed by atoms with Crippen LogP contribution in [0.4, 0.5) is 5.69 Å². The van der Waals surface area contributed by atoms with E-state index in [-0.39, 0.29) is 17.7 Å². The third-order valence-electron chi connectivity index (χ3n) is 6.29. The minimum atomic E-state index is -0.270. The minimum Gasteiger partial charge on any atom is -0.481 e. The highest BCUT2D eigenvalue weighted by atomic mass is 79.9. The van der Waals surface area contributed by atoms with Crippen molar-refractivity contribution >= 4 is 44.2 Å². The Morgan fingerprint density at radius 1 is 1.03 bits per heavy atom. The van der Waals surface area contributed by atoms with E-state index in [1.807, 2.05) is 67.6 Å². The first-order valence-corrected chi connectivity index (χ1v) is 13.0. The highest BCUT2D eigenvalue weighted by Gasteiger charge is 2.27. The van der Waals surface area contributed by atoms with Crippen LogP contribution in [0.25, 0.3) is 10.9 Å². The van der Waals surface area contributed by atoms with Crippen LogP contribution in [-0.2, 0) is 4.79 Å². The molecule has 37 heavy (non-hydrogen) atoms. The molecule has 0 saturated heterocycles. The first-order chi connectivity index (χ1) is 17.9. The van der Waals surface area contributed by atoms with Gasteiger partial charge in [0.15, 0.2) is 5.78 Å². The Balaban J connectivity index is 1.89. The number of aromatic nitrogens is 1. The van der Waals surface area contributed by atoms with Gasteiger partial charge in [0.2, 0.25) is 11.8 Å². The number of nitrogens with zero attached hydrogens (tertiary/aromatic N) is 2. The lowest BCUT2D eigenvalue weighted by atomic mass is 9.95. The number of hydrogen-bond donors (Lipinski definition) is 1. The molecular formula is C30H30BrN3O3. The molecule has 190 valence electrons. The topological polar surface area (TPSA) is 71.5 Å². The van der Waals surface area contributed by atoms with Crippen molar-refractivity contribution in [2.45, 2.75) is 26.3 Å². The number of hydrogen-bond acceptors (Lipinski definition) is 5. The number of rotatable bonds is 10. The number of halogens is 1. The van der Waals surface area contributed by atoms with E-state index in [1.54, 1.807) is 14.0 Å². The monoisotopic (exact) mass is 559 g/mol. The van der Waals surface area contributed by atoms with E-state index in [4.69, 9.17) is 9.72 Å². The number of pyridine rings is 1. The van der Waals surface area contributed by atoms with Gasteiger partial charge in [-0.25, -0.2) is 4.98 Å². The lowest BCUT2D eigenvalue weighted by Crippen LogP contribution is -2.38. The van der Waals surface area contributed by atoms with Gasteiger partial charge in [0.25, 0.3) is 0 Å². The average Bonchev–Trinajstić information content (AvgIpc) is 2.92. The molecule has 7 heteroatoms. The maximum Gasteiger partial charge on any atom is 0.219 e. The molecule has 1 atom stereocenters. The molecule has 1 amide bonds. The van der Waals surface area contributed by atoms with Gasteiger partial charge in [0, 0.05) is 46.2 Å². The SMILES string of the molecule is CCC(=O)NCCN(c1ccc(C(C)=O)cc1)C(c1ccccc1)c1cc2cc(Br)ccc2nc1OC. The summed E-state index contributed by atoms with van der Waals surface area (Å²) >= 11 is 3.58. The highest BCUT2D eigenvalue weighted by Crippen LogP contribution is 2.38. The summed E-state index contributed by atoms with van der Waals surface area (Å²) in [6, 6.07) is 25.6. The molecule has 1 unspecified atom stereocenters. The third-order valence-corrected chi connectivity index (χ3v) is 6.78. The highest BCUT2D eigenvalue weighted by molar-refractivity contribution is 9.10. The fourth-order valence-corrected chi connectivity index (χ4v) is 4.78. The number of carbonyl (C=O) groups excluding carboxylic acids is 2. The first-order valence-electron chi connectivity index (χ1n) is 12.2. The Morgan fingerprint density at radius 3 is 2.41 bits per heavy atom. The molecule has 4 rings (SSSR count). The van der Waals surface area contributed by atoms with Crippen LogP contribution >= 0.6 is 15.9 Å². The van der Waals surface area contributed by atoms with Crippen molar-refractivity contribution < 1.29 is 14.3 Å². The van der Waals surface area contributed by atoms with Crippen molar-refractivity contribution in [3.63, 3.8) is 0 Å². The number of benzene rings is 3. The molecule has 0 aliphatic carbocycles. The normalized spacial score (nSPS) is 11.7. The van der Waals surface area contributed by atoms with Crippen LogP contribution in [-0.4, -0.2) is 36.9 Å². The van der Waals surface area contributed by atoms with Gasteiger partial charge in [-0.15, -0.1) is 0 Å². The average molecular weight is 560 g/mol. The lowest BCUT2D eigenvalue weighted by molar-refractivity contribution is -0.120. The van der Waals surface area contributed by atoms with Crippen molar-refractivity contribution in [2.75, 3.05) is 25.1 Å². The number of ether oxygens (including phenoxy) is 1. The van der Waals surface area contributed by atoms with Gasteiger partial charge in [0.1, 0.15) is 0 Å². The van der Waals surface area contributed by atoms with Gasteiger partial charge in [0.05, 0.1) is 18.7 Å². The molecule has 3 aromatic carbocycles. The standard InChI is InChI=1S/C30H30BrN3O3/c1-4-28(36)32-16-17-34(25-13-10-21(11-14-25)20(2)35)29(22-8-6-5-7-9-22)26-19-23-18-24(31)12-15-27(23)33-30(26)37-3/h5-15,18-19,29H,4,16-17H2,1-3H3,(H,32,36). The Morgan fingerprint density at radius 2 is 1.76 bits per heavy atom. The number of methoxy groups -OCH3 is 1. The van der Waals surface area contributed by atoms with E-state index in [1.165, 1.54) is 0 Å². The summed E-state index contributed by atoms with van der Waals surface area (Å²) in [7, 11) is 1.63. The molecule has 0 saturated carbocycles. The number of Topliss-reactive ketones (excluding diaryl/α,β-unsaturated/α-hetero) is 1. The van der Waals surface area contributed by atoms with Crippen molar-refractivity contribution in [3.8, 4) is 5.88 Å². The fraction of sp³-hybridized carbons (Fsp3) is 0.233. The number of nitrogens with one attached hydrogen (secondary N) is 1. The maximum absolute atomic E-state index is 12.0. The van der Waals surface area contributed by atoms with E-state index in [9.17, 15) is 9.59 Å². The Bertz CT molecular complexity index is 1390. The van der Waals surface area contributed by atoms with Crippen LogP contribution < -0.4 is 15.0 Å². The van der Waals surface area contributed by atoms with E-state index >= 15 is 0 Å². The van der Waals surface area contributed by atoms with Crippen LogP contribution in [0.15, 0.2) is 83.3 Å². The molecule has 1 aromatic heterocycles. The summed E-state index contributed by atoms with van der Waals surface area (Å²) in [6.07, 6.45) is 0.423. The molecule has 0 fully saturated rings. The van der Waals surface area contributed by atoms with Crippen molar-refractivity contribution in [1.29, 1.82) is 0 Å². The zero-order chi connectivity index (χ0) is 26.4. The van der Waals surface area contributed by atoms with E-state index in [0.717, 1.165) is 32.2 Å². The lowest BCUT2D eigenvalue weighted by Gasteiger charge is -2.35. The van der Waals surface area contributed by atoms with E-state index in [0.29, 0.717) is 31.0 Å². The third kappa shape index (κ3) is 6.17. The van der Waals surface area contributed by atoms with Gasteiger partial charge in [-0.2, -0.15) is 0 Å². The largest absolute Gasteiger partial charge is 0.481 e. The Labute approximate surface area is 225 Å². The quantitative estimate of drug-likeness (QED) is 0.230. The summed E-state index contributed by atoms with van der Waals surface area (Å²) in [6.45, 7) is 4.39. The predicted molar refractivity (Wildman–Crippen MR) is 151 cm³/mol. The second kappa shape index (κ2) is 12.0.